The van der Waals surface area contributed by atoms with Crippen LogP contribution in [0.4, 0.5) is 0 Å². The number of rotatable bonds is 9. The second kappa shape index (κ2) is 12.1. The zero-order chi connectivity index (χ0) is 27.4. The van der Waals surface area contributed by atoms with Crippen molar-refractivity contribution < 1.29 is 9.47 Å². The molecule has 1 atom stereocenters. The molecule has 0 aliphatic carbocycles. The molecule has 39 heavy (non-hydrogen) atoms. The first-order chi connectivity index (χ1) is 19.0. The summed E-state index contributed by atoms with van der Waals surface area (Å²) in [5, 5.41) is 0. The number of benzene rings is 3. The Hall–Kier alpha value is -3.61. The van der Waals surface area contributed by atoms with Crippen molar-refractivity contribution in [2.24, 2.45) is 5.92 Å². The Morgan fingerprint density at radius 1 is 0.744 bits per heavy atom. The Labute approximate surface area is 232 Å². The summed E-state index contributed by atoms with van der Waals surface area (Å²) in [6, 6.07) is 28.2. The summed E-state index contributed by atoms with van der Waals surface area (Å²) in [4.78, 5) is 14.0. The van der Waals surface area contributed by atoms with Crippen LogP contribution in [0.2, 0.25) is 0 Å². The molecular formula is C33H40N4O2. The van der Waals surface area contributed by atoms with Crippen LogP contribution in [0.3, 0.4) is 0 Å². The lowest BCUT2D eigenvalue weighted by atomic mass is 9.94. The highest BCUT2D eigenvalue weighted by Crippen LogP contribution is 2.36. The predicted octanol–water partition coefficient (Wildman–Crippen LogP) is 6.51. The van der Waals surface area contributed by atoms with Gasteiger partial charge in [0.15, 0.2) is 11.5 Å². The number of aryl methyl sites for hydroxylation is 1. The Balaban J connectivity index is 1.37. The molecule has 1 saturated heterocycles. The molecule has 3 aromatic carbocycles. The lowest BCUT2D eigenvalue weighted by molar-refractivity contribution is 0.0599. The van der Waals surface area contributed by atoms with Crippen LogP contribution in [0.25, 0.3) is 11.4 Å². The van der Waals surface area contributed by atoms with Crippen LogP contribution < -0.4 is 9.47 Å². The molecule has 0 radical (unpaired) electrons. The summed E-state index contributed by atoms with van der Waals surface area (Å²) in [7, 11) is 3.32. The van der Waals surface area contributed by atoms with E-state index >= 15 is 0 Å². The van der Waals surface area contributed by atoms with Crippen molar-refractivity contribution in [3.63, 3.8) is 0 Å². The van der Waals surface area contributed by atoms with Crippen molar-refractivity contribution >= 4 is 0 Å². The number of imidazole rings is 1. The summed E-state index contributed by atoms with van der Waals surface area (Å²) in [5.74, 6) is 2.71. The van der Waals surface area contributed by atoms with E-state index in [-0.39, 0.29) is 12.1 Å². The van der Waals surface area contributed by atoms with Crippen LogP contribution >= 0.6 is 0 Å². The maximum atomic E-state index is 5.53. The van der Waals surface area contributed by atoms with Crippen LogP contribution in [0.15, 0.2) is 78.9 Å². The molecule has 0 spiro atoms. The third kappa shape index (κ3) is 5.72. The van der Waals surface area contributed by atoms with Crippen molar-refractivity contribution in [2.75, 3.05) is 40.4 Å². The quantitative estimate of drug-likeness (QED) is 0.271. The lowest BCUT2D eigenvalue weighted by Gasteiger charge is -2.43. The van der Waals surface area contributed by atoms with E-state index in [4.69, 9.17) is 14.5 Å². The van der Waals surface area contributed by atoms with Gasteiger partial charge in [-0.3, -0.25) is 9.80 Å². The van der Waals surface area contributed by atoms with Crippen LogP contribution in [-0.2, 0) is 0 Å². The molecule has 4 aromatic rings. The van der Waals surface area contributed by atoms with Crippen molar-refractivity contribution in [3.8, 4) is 22.9 Å². The van der Waals surface area contributed by atoms with Crippen molar-refractivity contribution in [3.05, 3.63) is 101 Å². The maximum Gasteiger partial charge on any atom is 0.161 e. The van der Waals surface area contributed by atoms with E-state index in [1.54, 1.807) is 14.2 Å². The van der Waals surface area contributed by atoms with E-state index in [2.05, 4.69) is 96.2 Å². The fraction of sp³-hybridized carbons (Fsp3) is 0.364. The normalized spacial score (nSPS) is 15.6. The van der Waals surface area contributed by atoms with Gasteiger partial charge in [0.05, 0.1) is 32.0 Å². The van der Waals surface area contributed by atoms with Gasteiger partial charge in [0.1, 0.15) is 5.82 Å². The molecule has 5 rings (SSSR count). The average molecular weight is 525 g/mol. The van der Waals surface area contributed by atoms with Crippen molar-refractivity contribution in [1.82, 2.24) is 19.8 Å². The average Bonchev–Trinajstić information content (AvgIpc) is 3.35. The highest BCUT2D eigenvalue weighted by atomic mass is 16.5. The number of methoxy groups -OCH3 is 2. The van der Waals surface area contributed by atoms with Gasteiger partial charge in [-0.05, 0) is 42.2 Å². The Bertz CT molecular complexity index is 1310. The fourth-order valence-electron chi connectivity index (χ4n) is 5.95. The minimum absolute atomic E-state index is 0.240. The smallest absolute Gasteiger partial charge is 0.161 e. The zero-order valence-electron chi connectivity index (χ0n) is 23.7. The van der Waals surface area contributed by atoms with Gasteiger partial charge in [-0.15, -0.1) is 0 Å². The number of nitrogens with zero attached hydrogens (tertiary/aromatic N) is 3. The number of ether oxygens (including phenoxy) is 2. The summed E-state index contributed by atoms with van der Waals surface area (Å²) < 4.78 is 11.0. The summed E-state index contributed by atoms with van der Waals surface area (Å²) in [6.45, 7) is 10.7. The molecule has 1 aliphatic rings. The van der Waals surface area contributed by atoms with E-state index in [1.165, 1.54) is 11.1 Å². The van der Waals surface area contributed by atoms with Crippen LogP contribution in [0.5, 0.6) is 11.5 Å². The summed E-state index contributed by atoms with van der Waals surface area (Å²) in [6.07, 6.45) is 0. The van der Waals surface area contributed by atoms with Crippen LogP contribution in [0.1, 0.15) is 48.4 Å². The van der Waals surface area contributed by atoms with Gasteiger partial charge in [-0.25, -0.2) is 4.98 Å². The monoisotopic (exact) mass is 524 g/mol. The number of hydrogen-bond acceptors (Lipinski definition) is 5. The molecule has 6 heteroatoms. The van der Waals surface area contributed by atoms with E-state index in [9.17, 15) is 0 Å². The fourth-order valence-corrected chi connectivity index (χ4v) is 5.95. The number of aromatic amines is 1. The van der Waals surface area contributed by atoms with E-state index < -0.39 is 0 Å². The third-order valence-electron chi connectivity index (χ3n) is 7.83. The van der Waals surface area contributed by atoms with Gasteiger partial charge < -0.3 is 14.5 Å². The molecule has 6 nitrogen and oxygen atoms in total. The standard InChI is InChI=1S/C33H40N4O2/c1-23(2)31(30-24(3)34-33(35-30)27-16-17-28(38-4)29(22-27)39-5)36-18-20-37(21-19-36)32(25-12-8-6-9-13-25)26-14-10-7-11-15-26/h6-17,22-23,31-32H,18-21H2,1-5H3,(H,34,35). The maximum absolute atomic E-state index is 5.53. The van der Waals surface area contributed by atoms with Gasteiger partial charge in [-0.2, -0.15) is 0 Å². The first kappa shape index (κ1) is 27.0. The van der Waals surface area contributed by atoms with Crippen LogP contribution in [0, 0.1) is 12.8 Å². The number of H-pyrrole nitrogens is 1. The van der Waals surface area contributed by atoms with Gasteiger partial charge in [0.2, 0.25) is 0 Å². The Morgan fingerprint density at radius 2 is 1.31 bits per heavy atom. The Morgan fingerprint density at radius 3 is 1.85 bits per heavy atom. The second-order valence-electron chi connectivity index (χ2n) is 10.7. The van der Waals surface area contributed by atoms with Crippen LogP contribution in [-0.4, -0.2) is 60.2 Å². The molecular weight excluding hydrogens is 484 g/mol. The van der Waals surface area contributed by atoms with Gasteiger partial charge in [0, 0.05) is 37.4 Å². The first-order valence-electron chi connectivity index (χ1n) is 13.9. The SMILES string of the molecule is COc1ccc(-c2nc(C(C(C)C)N3CCN(C(c4ccccc4)c4ccccc4)CC3)c(C)[nH]2)cc1OC. The zero-order valence-corrected chi connectivity index (χ0v) is 23.7. The minimum atomic E-state index is 0.240. The number of nitrogens with one attached hydrogen (secondary N) is 1. The van der Waals surface area contributed by atoms with Gasteiger partial charge >= 0.3 is 0 Å². The Kier molecular flexibility index (Phi) is 8.34. The number of aromatic nitrogens is 2. The predicted molar refractivity (Wildman–Crippen MR) is 157 cm³/mol. The van der Waals surface area contributed by atoms with Gasteiger partial charge in [0.25, 0.3) is 0 Å². The lowest BCUT2D eigenvalue weighted by Crippen LogP contribution is -2.50. The molecule has 0 bridgehead atoms. The first-order valence-corrected chi connectivity index (χ1v) is 13.9. The summed E-state index contributed by atoms with van der Waals surface area (Å²) in [5.41, 5.74) is 5.93. The van der Waals surface area contributed by atoms with Crippen molar-refractivity contribution in [1.29, 1.82) is 0 Å². The minimum Gasteiger partial charge on any atom is -0.493 e. The van der Waals surface area contributed by atoms with E-state index in [0.29, 0.717) is 17.4 Å². The van der Waals surface area contributed by atoms with E-state index in [0.717, 1.165) is 49.0 Å². The highest BCUT2D eigenvalue weighted by molar-refractivity contribution is 5.62. The number of hydrogen-bond donors (Lipinski definition) is 1. The molecule has 0 amide bonds. The molecule has 0 saturated carbocycles. The summed E-state index contributed by atoms with van der Waals surface area (Å²) >= 11 is 0. The highest BCUT2D eigenvalue weighted by Gasteiger charge is 2.33. The third-order valence-corrected chi connectivity index (χ3v) is 7.83. The number of piperazine rings is 1. The molecule has 1 aromatic heterocycles. The van der Waals surface area contributed by atoms with Crippen molar-refractivity contribution in [2.45, 2.75) is 32.9 Å². The largest absolute Gasteiger partial charge is 0.493 e. The molecule has 1 unspecified atom stereocenters. The molecule has 1 N–H and O–H groups in total. The van der Waals surface area contributed by atoms with Gasteiger partial charge in [-0.1, -0.05) is 74.5 Å². The second-order valence-corrected chi connectivity index (χ2v) is 10.7. The molecule has 204 valence electrons. The molecule has 1 aliphatic heterocycles. The molecule has 1 fully saturated rings. The van der Waals surface area contributed by atoms with E-state index in [1.807, 2.05) is 18.2 Å². The topological polar surface area (TPSA) is 53.6 Å². The molecule has 2 heterocycles.